The molecule has 7 nitrogen and oxygen atoms in total. The van der Waals surface area contributed by atoms with Crippen molar-refractivity contribution in [1.29, 1.82) is 0 Å². The van der Waals surface area contributed by atoms with E-state index in [1.165, 1.54) is 5.56 Å². The zero-order chi connectivity index (χ0) is 21.6. The number of carbonyl (C=O) groups excluding carboxylic acids is 2. The Morgan fingerprint density at radius 2 is 1.97 bits per heavy atom. The van der Waals surface area contributed by atoms with Gasteiger partial charge >= 0.3 is 6.03 Å². The van der Waals surface area contributed by atoms with Crippen LogP contribution in [0.5, 0.6) is 0 Å². The Hall–Kier alpha value is -3.23. The number of nitrogens with two attached hydrogens (primary N) is 1. The molecule has 1 aliphatic rings. The molecule has 4 N–H and O–H groups in total. The van der Waals surface area contributed by atoms with E-state index in [1.54, 1.807) is 36.8 Å². The molecule has 2 aromatic carbocycles. The van der Waals surface area contributed by atoms with Gasteiger partial charge in [-0.3, -0.25) is 10.2 Å². The average Bonchev–Trinajstić information content (AvgIpc) is 3.38. The van der Waals surface area contributed by atoms with E-state index in [4.69, 9.17) is 10.3 Å². The number of carbonyl (C=O) groups is 2. The highest BCUT2D eigenvalue weighted by Gasteiger charge is 2.25. The third kappa shape index (κ3) is 5.10. The van der Waals surface area contributed by atoms with Crippen molar-refractivity contribution in [3.8, 4) is 11.1 Å². The summed E-state index contributed by atoms with van der Waals surface area (Å²) in [4.78, 5) is 26.1. The molecule has 0 radical (unpaired) electrons. The van der Waals surface area contributed by atoms with Gasteiger partial charge in [0.15, 0.2) is 0 Å². The van der Waals surface area contributed by atoms with Crippen LogP contribution in [0.25, 0.3) is 11.1 Å². The van der Waals surface area contributed by atoms with Crippen LogP contribution in [-0.4, -0.2) is 35.7 Å². The summed E-state index contributed by atoms with van der Waals surface area (Å²) in [6.45, 7) is 1.76. The number of nitrogens with zero attached hydrogens (tertiary/aromatic N) is 1. The third-order valence-corrected chi connectivity index (χ3v) is 6.50. The number of thioether (sulfide) groups is 1. The molecule has 4 rings (SSSR count). The molecule has 8 heteroatoms. The highest BCUT2D eigenvalue weighted by atomic mass is 32.2. The number of hydrazine groups is 1. The van der Waals surface area contributed by atoms with E-state index in [1.807, 2.05) is 28.8 Å². The van der Waals surface area contributed by atoms with Crippen LogP contribution in [0.3, 0.4) is 0 Å². The molecule has 1 fully saturated rings. The number of rotatable bonds is 5. The van der Waals surface area contributed by atoms with E-state index in [9.17, 15) is 9.59 Å². The quantitative estimate of drug-likeness (QED) is 0.323. The number of furan rings is 1. The summed E-state index contributed by atoms with van der Waals surface area (Å²) in [7, 11) is 0. The Labute approximate surface area is 185 Å². The van der Waals surface area contributed by atoms with Gasteiger partial charge in [0.25, 0.3) is 5.91 Å². The molecule has 31 heavy (non-hydrogen) atoms. The van der Waals surface area contributed by atoms with Crippen molar-refractivity contribution >= 4 is 23.7 Å². The molecule has 1 atom stereocenters. The Morgan fingerprint density at radius 1 is 1.13 bits per heavy atom. The van der Waals surface area contributed by atoms with E-state index in [-0.39, 0.29) is 17.2 Å². The third-order valence-electron chi connectivity index (χ3n) is 5.26. The number of benzene rings is 2. The summed E-state index contributed by atoms with van der Waals surface area (Å²) in [5.74, 6) is 5.68. The normalized spacial score (nSPS) is 16.0. The van der Waals surface area contributed by atoms with E-state index in [2.05, 4.69) is 28.9 Å². The summed E-state index contributed by atoms with van der Waals surface area (Å²) in [5, 5.41) is 3.20. The molecule has 0 saturated carbocycles. The van der Waals surface area contributed by atoms with Crippen LogP contribution in [0.2, 0.25) is 0 Å². The molecule has 1 unspecified atom stereocenters. The summed E-state index contributed by atoms with van der Waals surface area (Å²) in [6, 6.07) is 17.2. The van der Waals surface area contributed by atoms with Crippen molar-refractivity contribution in [2.75, 3.05) is 18.8 Å². The molecular formula is C23H24N4O3S. The van der Waals surface area contributed by atoms with Crippen molar-refractivity contribution in [3.05, 3.63) is 83.8 Å². The van der Waals surface area contributed by atoms with Crippen LogP contribution < -0.4 is 16.6 Å². The molecule has 1 saturated heterocycles. The van der Waals surface area contributed by atoms with Gasteiger partial charge in [-0.05, 0) is 41.0 Å². The zero-order valence-electron chi connectivity index (χ0n) is 16.9. The second-order valence-electron chi connectivity index (χ2n) is 7.27. The van der Waals surface area contributed by atoms with Gasteiger partial charge in [-0.15, -0.1) is 0 Å². The number of urea groups is 1. The first-order valence-corrected chi connectivity index (χ1v) is 11.1. The van der Waals surface area contributed by atoms with Gasteiger partial charge in [-0.1, -0.05) is 30.3 Å². The summed E-state index contributed by atoms with van der Waals surface area (Å²) in [5.41, 5.74) is 6.86. The maximum Gasteiger partial charge on any atom is 0.317 e. The molecule has 1 aromatic heterocycles. The molecule has 0 bridgehead atoms. The highest BCUT2D eigenvalue weighted by Crippen LogP contribution is 2.35. The van der Waals surface area contributed by atoms with Crippen LogP contribution in [-0.2, 0) is 6.54 Å². The van der Waals surface area contributed by atoms with Gasteiger partial charge < -0.3 is 14.6 Å². The molecule has 0 spiro atoms. The van der Waals surface area contributed by atoms with Crippen molar-refractivity contribution in [3.63, 3.8) is 0 Å². The average molecular weight is 437 g/mol. The van der Waals surface area contributed by atoms with Crippen LogP contribution in [0.15, 0.2) is 71.5 Å². The lowest BCUT2D eigenvalue weighted by Crippen LogP contribution is -2.44. The van der Waals surface area contributed by atoms with Crippen LogP contribution in [0.4, 0.5) is 4.79 Å². The van der Waals surface area contributed by atoms with Crippen LogP contribution in [0.1, 0.15) is 26.7 Å². The minimum absolute atomic E-state index is 0.0833. The van der Waals surface area contributed by atoms with Crippen LogP contribution in [0, 0.1) is 0 Å². The lowest BCUT2D eigenvalue weighted by Gasteiger charge is -2.32. The van der Waals surface area contributed by atoms with Gasteiger partial charge in [-0.25, -0.2) is 10.6 Å². The van der Waals surface area contributed by atoms with Crippen molar-refractivity contribution in [2.24, 2.45) is 5.84 Å². The van der Waals surface area contributed by atoms with Gasteiger partial charge in [0.1, 0.15) is 0 Å². The number of hydrogen-bond acceptors (Lipinski definition) is 5. The molecule has 0 aliphatic carbocycles. The fraction of sp³-hybridized carbons (Fsp3) is 0.217. The van der Waals surface area contributed by atoms with Gasteiger partial charge in [-0.2, -0.15) is 11.8 Å². The SMILES string of the molecule is NNC(=O)c1ccc(CNC(=O)N2CCSC(c3cccc(-c4ccoc4)c3)C2)cc1. The molecule has 2 heterocycles. The molecule has 3 aromatic rings. The van der Waals surface area contributed by atoms with E-state index in [0.717, 1.165) is 22.4 Å². The predicted octanol–water partition coefficient (Wildman–Crippen LogP) is 3.55. The Morgan fingerprint density at radius 3 is 2.71 bits per heavy atom. The van der Waals surface area contributed by atoms with E-state index >= 15 is 0 Å². The number of amides is 3. The molecule has 160 valence electrons. The fourth-order valence-electron chi connectivity index (χ4n) is 3.53. The summed E-state index contributed by atoms with van der Waals surface area (Å²) >= 11 is 1.87. The maximum atomic E-state index is 12.7. The lowest BCUT2D eigenvalue weighted by atomic mass is 10.0. The largest absolute Gasteiger partial charge is 0.472 e. The minimum Gasteiger partial charge on any atom is -0.472 e. The predicted molar refractivity (Wildman–Crippen MR) is 121 cm³/mol. The second-order valence-corrected chi connectivity index (χ2v) is 8.58. The zero-order valence-corrected chi connectivity index (χ0v) is 17.7. The Balaban J connectivity index is 1.36. The highest BCUT2D eigenvalue weighted by molar-refractivity contribution is 7.99. The smallest absolute Gasteiger partial charge is 0.317 e. The van der Waals surface area contributed by atoms with Gasteiger partial charge in [0, 0.05) is 41.8 Å². The molecule has 1 aliphatic heterocycles. The first-order valence-electron chi connectivity index (χ1n) is 10.0. The number of nitrogen functional groups attached to an aromatic ring is 1. The van der Waals surface area contributed by atoms with Crippen molar-refractivity contribution in [1.82, 2.24) is 15.6 Å². The van der Waals surface area contributed by atoms with Gasteiger partial charge in [0.2, 0.25) is 0 Å². The minimum atomic E-state index is -0.343. The van der Waals surface area contributed by atoms with E-state index in [0.29, 0.717) is 25.2 Å². The topological polar surface area (TPSA) is 101 Å². The summed E-state index contributed by atoms with van der Waals surface area (Å²) in [6.07, 6.45) is 3.41. The Bertz CT molecular complexity index is 1040. The Kier molecular flexibility index (Phi) is 6.59. The second kappa shape index (κ2) is 9.72. The molecular weight excluding hydrogens is 412 g/mol. The lowest BCUT2D eigenvalue weighted by molar-refractivity contribution is 0.0953. The van der Waals surface area contributed by atoms with Gasteiger partial charge in [0.05, 0.1) is 12.5 Å². The fourth-order valence-corrected chi connectivity index (χ4v) is 4.76. The standard InChI is InChI=1S/C23H24N4O3S/c24-26-22(28)17-6-4-16(5-7-17)13-25-23(29)27-9-11-31-21(14-27)19-3-1-2-18(12-19)20-8-10-30-15-20/h1-8,10,12,15,21H,9,11,13-14,24H2,(H,25,29)(H,26,28). The number of nitrogens with one attached hydrogen (secondary N) is 2. The van der Waals surface area contributed by atoms with Crippen molar-refractivity contribution < 1.29 is 14.0 Å². The van der Waals surface area contributed by atoms with Crippen molar-refractivity contribution in [2.45, 2.75) is 11.8 Å². The summed E-state index contributed by atoms with van der Waals surface area (Å²) < 4.78 is 5.20. The molecule has 3 amide bonds. The first-order chi connectivity index (χ1) is 15.1. The maximum absolute atomic E-state index is 12.7. The van der Waals surface area contributed by atoms with E-state index < -0.39 is 0 Å². The monoisotopic (exact) mass is 436 g/mol. The number of hydrogen-bond donors (Lipinski definition) is 3. The van der Waals surface area contributed by atoms with Crippen LogP contribution >= 0.6 is 11.8 Å². The first kappa shape index (κ1) is 21.0.